The first-order valence-electron chi connectivity index (χ1n) is 8.44. The number of hydrogen-bond acceptors (Lipinski definition) is 5. The van der Waals surface area contributed by atoms with Crippen LogP contribution in [0.15, 0.2) is 22.3 Å². The fraction of sp³-hybridized carbons (Fsp3) is 0.350. The number of nitrogens with zero attached hydrogens (tertiary/aromatic N) is 2. The van der Waals surface area contributed by atoms with Crippen molar-refractivity contribution in [2.24, 2.45) is 0 Å². The monoisotopic (exact) mass is 386 g/mol. The average Bonchev–Trinajstić information content (AvgIpc) is 2.91. The van der Waals surface area contributed by atoms with E-state index < -0.39 is 0 Å². The predicted octanol–water partition coefficient (Wildman–Crippen LogP) is 4.63. The summed E-state index contributed by atoms with van der Waals surface area (Å²) in [5, 5.41) is 1.95. The lowest BCUT2D eigenvalue weighted by molar-refractivity contribution is 0.101. The topological polar surface area (TPSA) is 51.4 Å². The number of carbonyl (C=O) groups is 1. The smallest absolute Gasteiger partial charge is 0.258 e. The predicted molar refractivity (Wildman–Crippen MR) is 110 cm³/mol. The minimum absolute atomic E-state index is 0.0223. The van der Waals surface area contributed by atoms with Gasteiger partial charge >= 0.3 is 0 Å². The molecule has 26 heavy (non-hydrogen) atoms. The third-order valence-electron chi connectivity index (χ3n) is 4.61. The maximum absolute atomic E-state index is 12.3. The minimum Gasteiger partial charge on any atom is -0.294 e. The molecule has 0 atom stereocenters. The van der Waals surface area contributed by atoms with E-state index in [9.17, 15) is 9.59 Å². The fourth-order valence-corrected chi connectivity index (χ4v) is 5.42. The molecule has 136 valence electrons. The van der Waals surface area contributed by atoms with E-state index in [1.807, 2.05) is 26.2 Å². The van der Waals surface area contributed by atoms with Gasteiger partial charge in [-0.25, -0.2) is 4.98 Å². The molecule has 0 spiro atoms. The second-order valence-electron chi connectivity index (χ2n) is 6.62. The number of Topliss-reactive ketones (excluding diaryl/α,β-unsaturated/α-hetero) is 1. The molecule has 0 bridgehead atoms. The maximum Gasteiger partial charge on any atom is 0.258 e. The minimum atomic E-state index is -0.0223. The fourth-order valence-electron chi connectivity index (χ4n) is 3.42. The van der Waals surface area contributed by atoms with E-state index in [1.165, 1.54) is 22.5 Å². The van der Waals surface area contributed by atoms with Crippen LogP contribution in [0.3, 0.4) is 0 Å². The first kappa shape index (κ1) is 18.9. The van der Waals surface area contributed by atoms with E-state index in [-0.39, 0.29) is 11.3 Å². The summed E-state index contributed by atoms with van der Waals surface area (Å²) < 4.78 is 1.65. The van der Waals surface area contributed by atoms with Gasteiger partial charge in [0.15, 0.2) is 10.7 Å². The maximum atomic E-state index is 12.3. The van der Waals surface area contributed by atoms with Crippen LogP contribution in [0.4, 0.5) is 0 Å². The van der Waals surface area contributed by atoms with Crippen molar-refractivity contribution in [3.8, 4) is 0 Å². The second kappa shape index (κ2) is 7.37. The van der Waals surface area contributed by atoms with Crippen molar-refractivity contribution in [2.75, 3.05) is 0 Å². The molecule has 0 aliphatic rings. The van der Waals surface area contributed by atoms with Gasteiger partial charge in [-0.05, 0) is 56.9 Å². The zero-order chi connectivity index (χ0) is 19.0. The Morgan fingerprint density at radius 1 is 1.15 bits per heavy atom. The summed E-state index contributed by atoms with van der Waals surface area (Å²) in [6.45, 7) is 9.64. The molecule has 2 heterocycles. The lowest BCUT2D eigenvalue weighted by Crippen LogP contribution is -2.14. The second-order valence-corrected chi connectivity index (χ2v) is 8.44. The number of ketones is 1. The van der Waals surface area contributed by atoms with Crippen LogP contribution in [-0.2, 0) is 11.5 Å². The van der Waals surface area contributed by atoms with Gasteiger partial charge in [0.25, 0.3) is 5.56 Å². The highest BCUT2D eigenvalue weighted by Gasteiger charge is 2.14. The Morgan fingerprint density at radius 3 is 2.58 bits per heavy atom. The largest absolute Gasteiger partial charge is 0.294 e. The Hall–Kier alpha value is -1.92. The number of carbonyl (C=O) groups excluding carboxylic acids is 1. The van der Waals surface area contributed by atoms with Gasteiger partial charge < -0.3 is 0 Å². The number of hydrogen-bond donors (Lipinski definition) is 0. The van der Waals surface area contributed by atoms with Crippen LogP contribution in [0.2, 0.25) is 0 Å². The first-order valence-corrected chi connectivity index (χ1v) is 10.5. The summed E-state index contributed by atoms with van der Waals surface area (Å²) in [5.41, 5.74) is 7.05. The number of aryl methyl sites for hydroxylation is 3. The first-order chi connectivity index (χ1) is 12.3. The van der Waals surface area contributed by atoms with Crippen molar-refractivity contribution in [3.05, 3.63) is 67.1 Å². The summed E-state index contributed by atoms with van der Waals surface area (Å²) in [4.78, 5) is 29.6. The third kappa shape index (κ3) is 3.48. The molecule has 0 N–H and O–H groups in total. The van der Waals surface area contributed by atoms with Gasteiger partial charge in [-0.1, -0.05) is 6.07 Å². The molecule has 0 radical (unpaired) electrons. The molecule has 1 aromatic carbocycles. The SMILES string of the molecule is CC(=O)c1c(C)cc(C)c(CSCc2cc(=O)n3c(C)csc3n2)c1C. The van der Waals surface area contributed by atoms with Crippen molar-refractivity contribution >= 4 is 33.8 Å². The standard InChI is InChI=1S/C20H22N2O2S2/c1-11-6-12(2)19(15(5)23)14(4)17(11)10-25-9-16-7-18(24)22-13(3)8-26-20(22)21-16/h6-8H,9-10H2,1-5H3. The summed E-state index contributed by atoms with van der Waals surface area (Å²) in [6.07, 6.45) is 0. The number of thioether (sulfide) groups is 1. The van der Waals surface area contributed by atoms with Crippen molar-refractivity contribution < 1.29 is 4.79 Å². The van der Waals surface area contributed by atoms with Crippen molar-refractivity contribution in [1.82, 2.24) is 9.38 Å². The van der Waals surface area contributed by atoms with Crippen molar-refractivity contribution in [1.29, 1.82) is 0 Å². The highest BCUT2D eigenvalue weighted by atomic mass is 32.2. The summed E-state index contributed by atoms with van der Waals surface area (Å²) >= 11 is 3.21. The van der Waals surface area contributed by atoms with Crippen LogP contribution in [0.1, 0.15) is 50.9 Å². The number of rotatable bonds is 5. The molecule has 2 aromatic heterocycles. The van der Waals surface area contributed by atoms with E-state index in [1.54, 1.807) is 29.2 Å². The van der Waals surface area contributed by atoms with Gasteiger partial charge in [0.05, 0.1) is 5.69 Å². The van der Waals surface area contributed by atoms with Crippen LogP contribution in [-0.4, -0.2) is 15.2 Å². The molecule has 0 saturated heterocycles. The quantitative estimate of drug-likeness (QED) is 0.600. The van der Waals surface area contributed by atoms with E-state index >= 15 is 0 Å². The van der Waals surface area contributed by atoms with Crippen LogP contribution in [0.25, 0.3) is 4.96 Å². The molecule has 0 fully saturated rings. The van der Waals surface area contributed by atoms with E-state index in [4.69, 9.17) is 0 Å². The van der Waals surface area contributed by atoms with E-state index in [0.29, 0.717) is 5.75 Å². The molecule has 0 saturated carbocycles. The average molecular weight is 387 g/mol. The zero-order valence-corrected chi connectivity index (χ0v) is 17.3. The van der Waals surface area contributed by atoms with Gasteiger partial charge in [-0.2, -0.15) is 11.8 Å². The van der Waals surface area contributed by atoms with Crippen LogP contribution >= 0.6 is 23.1 Å². The number of fused-ring (bicyclic) bond motifs is 1. The Morgan fingerprint density at radius 2 is 1.88 bits per heavy atom. The molecule has 0 aliphatic heterocycles. The van der Waals surface area contributed by atoms with E-state index in [0.717, 1.165) is 38.8 Å². The molecule has 0 amide bonds. The summed E-state index contributed by atoms with van der Waals surface area (Å²) in [6, 6.07) is 3.71. The number of thiazole rings is 1. The normalized spacial score (nSPS) is 11.3. The van der Waals surface area contributed by atoms with Gasteiger partial charge in [0.1, 0.15) is 0 Å². The summed E-state index contributed by atoms with van der Waals surface area (Å²) in [7, 11) is 0. The van der Waals surface area contributed by atoms with Gasteiger partial charge in [-0.15, -0.1) is 11.3 Å². The lowest BCUT2D eigenvalue weighted by Gasteiger charge is -2.15. The molecule has 0 aliphatic carbocycles. The highest BCUT2D eigenvalue weighted by Crippen LogP contribution is 2.27. The molecule has 4 nitrogen and oxygen atoms in total. The molecule has 0 unspecified atom stereocenters. The van der Waals surface area contributed by atoms with E-state index in [2.05, 4.69) is 18.0 Å². The lowest BCUT2D eigenvalue weighted by atomic mass is 9.92. The highest BCUT2D eigenvalue weighted by molar-refractivity contribution is 7.97. The Kier molecular flexibility index (Phi) is 5.34. The molecular formula is C20H22N2O2S2. The van der Waals surface area contributed by atoms with Gasteiger partial charge in [-0.3, -0.25) is 14.0 Å². The van der Waals surface area contributed by atoms with Gasteiger partial charge in [0, 0.05) is 34.2 Å². The summed E-state index contributed by atoms with van der Waals surface area (Å²) in [5.74, 6) is 1.58. The Balaban J connectivity index is 1.81. The Bertz CT molecular complexity index is 1060. The Labute approximate surface area is 161 Å². The number of benzene rings is 1. The van der Waals surface area contributed by atoms with Gasteiger partial charge in [0.2, 0.25) is 0 Å². The number of aromatic nitrogens is 2. The van der Waals surface area contributed by atoms with Crippen LogP contribution in [0.5, 0.6) is 0 Å². The molecule has 6 heteroatoms. The molecular weight excluding hydrogens is 364 g/mol. The third-order valence-corrected chi connectivity index (χ3v) is 6.54. The van der Waals surface area contributed by atoms with Crippen molar-refractivity contribution in [3.63, 3.8) is 0 Å². The molecule has 3 aromatic rings. The van der Waals surface area contributed by atoms with Crippen LogP contribution in [0, 0.1) is 27.7 Å². The molecule has 3 rings (SSSR count). The zero-order valence-electron chi connectivity index (χ0n) is 15.7. The van der Waals surface area contributed by atoms with Crippen LogP contribution < -0.4 is 5.56 Å². The van der Waals surface area contributed by atoms with Crippen molar-refractivity contribution in [2.45, 2.75) is 46.1 Å².